The van der Waals surface area contributed by atoms with Gasteiger partial charge in [0.2, 0.25) is 0 Å². The largest absolute Gasteiger partial charge is 0.344 e. The van der Waals surface area contributed by atoms with Crippen molar-refractivity contribution in [1.82, 2.24) is 4.90 Å². The Morgan fingerprint density at radius 2 is 1.46 bits per heavy atom. The molecule has 0 saturated heterocycles. The molecule has 0 aromatic heterocycles. The van der Waals surface area contributed by atoms with Crippen molar-refractivity contribution < 1.29 is 0 Å². The summed E-state index contributed by atoms with van der Waals surface area (Å²) in [5.41, 5.74) is 4.31. The zero-order valence-corrected chi connectivity index (χ0v) is 17.5. The molecule has 0 amide bonds. The first-order valence-electron chi connectivity index (χ1n) is 9.09. The molecule has 0 aromatic carbocycles. The Balaban J connectivity index is -0.000000659. The van der Waals surface area contributed by atoms with E-state index >= 15 is 0 Å². The first kappa shape index (κ1) is 26.9. The average molecular weight is 330 g/mol. The molecule has 1 nitrogen and oxygen atoms in total. The van der Waals surface area contributed by atoms with Gasteiger partial charge in [-0.05, 0) is 37.1 Å². The molecule has 0 unspecified atom stereocenters. The number of hydrogen-bond acceptors (Lipinski definition) is 1. The molecule has 0 saturated carbocycles. The summed E-state index contributed by atoms with van der Waals surface area (Å²) < 4.78 is 0. The highest BCUT2D eigenvalue weighted by atomic mass is 15.1. The SMILES string of the molecule is C=CC1=C(/C=C\C)N(C)/C(=C/C=C\C)C(=C)C=C1.CC.CC.CC. The molecule has 0 radical (unpaired) electrons. The number of likely N-dealkylation sites (N-methyl/N-ethyl adjacent to an activating group) is 1. The number of rotatable bonds is 3. The maximum absolute atomic E-state index is 4.11. The molecular formula is C23H39N. The molecule has 1 heterocycles. The van der Waals surface area contributed by atoms with Crippen molar-refractivity contribution in [3.63, 3.8) is 0 Å². The summed E-state index contributed by atoms with van der Waals surface area (Å²) in [7, 11) is 2.05. The molecule has 136 valence electrons. The molecule has 0 fully saturated rings. The van der Waals surface area contributed by atoms with Crippen LogP contribution < -0.4 is 0 Å². The molecule has 0 spiro atoms. The van der Waals surface area contributed by atoms with Gasteiger partial charge in [-0.25, -0.2) is 0 Å². The summed E-state index contributed by atoms with van der Waals surface area (Å²) in [5, 5.41) is 0. The quantitative estimate of drug-likeness (QED) is 0.515. The van der Waals surface area contributed by atoms with Crippen molar-refractivity contribution in [1.29, 1.82) is 0 Å². The fraction of sp³-hybridized carbons (Fsp3) is 0.391. The summed E-state index contributed by atoms with van der Waals surface area (Å²) in [4.78, 5) is 2.14. The molecule has 0 aromatic rings. The second-order valence-corrected chi connectivity index (χ2v) is 4.04. The molecular weight excluding hydrogens is 290 g/mol. The van der Waals surface area contributed by atoms with Crippen LogP contribution in [0.2, 0.25) is 0 Å². The van der Waals surface area contributed by atoms with Crippen LogP contribution in [0.25, 0.3) is 0 Å². The summed E-state index contributed by atoms with van der Waals surface area (Å²) in [6, 6.07) is 0. The second kappa shape index (κ2) is 19.0. The normalized spacial score (nSPS) is 15.3. The van der Waals surface area contributed by atoms with Crippen LogP contribution in [0.3, 0.4) is 0 Å². The third-order valence-corrected chi connectivity index (χ3v) is 2.80. The minimum absolute atomic E-state index is 0.995. The molecule has 0 atom stereocenters. The van der Waals surface area contributed by atoms with E-state index < -0.39 is 0 Å². The van der Waals surface area contributed by atoms with E-state index in [1.165, 1.54) is 0 Å². The Bertz CT molecular complexity index is 482. The van der Waals surface area contributed by atoms with Crippen LogP contribution in [-0.2, 0) is 0 Å². The van der Waals surface area contributed by atoms with Gasteiger partial charge in [-0.3, -0.25) is 0 Å². The van der Waals surface area contributed by atoms with Crippen LogP contribution in [0.5, 0.6) is 0 Å². The van der Waals surface area contributed by atoms with Crippen LogP contribution in [0.1, 0.15) is 55.4 Å². The van der Waals surface area contributed by atoms with Gasteiger partial charge in [0.25, 0.3) is 0 Å². The molecule has 1 aliphatic heterocycles. The van der Waals surface area contributed by atoms with Crippen molar-refractivity contribution in [3.05, 3.63) is 84.3 Å². The van der Waals surface area contributed by atoms with Crippen LogP contribution in [0.15, 0.2) is 84.3 Å². The van der Waals surface area contributed by atoms with E-state index in [0.29, 0.717) is 0 Å². The Hall–Kier alpha value is -2.02. The smallest absolute Gasteiger partial charge is 0.0478 e. The predicted octanol–water partition coefficient (Wildman–Crippen LogP) is 7.60. The maximum Gasteiger partial charge on any atom is 0.0478 e. The molecule has 0 bridgehead atoms. The van der Waals surface area contributed by atoms with Crippen molar-refractivity contribution in [2.24, 2.45) is 0 Å². The molecule has 1 aliphatic rings. The zero-order chi connectivity index (χ0) is 19.5. The van der Waals surface area contributed by atoms with E-state index in [0.717, 1.165) is 22.5 Å². The van der Waals surface area contributed by atoms with Gasteiger partial charge in [-0.15, -0.1) is 0 Å². The summed E-state index contributed by atoms with van der Waals surface area (Å²) in [6.07, 6.45) is 16.2. The third-order valence-electron chi connectivity index (χ3n) is 2.80. The summed E-state index contributed by atoms with van der Waals surface area (Å²) >= 11 is 0. The zero-order valence-electron chi connectivity index (χ0n) is 17.5. The Morgan fingerprint density at radius 1 is 0.917 bits per heavy atom. The first-order chi connectivity index (χ1) is 11.7. The van der Waals surface area contributed by atoms with Gasteiger partial charge in [-0.2, -0.15) is 0 Å². The molecule has 0 aliphatic carbocycles. The van der Waals surface area contributed by atoms with Gasteiger partial charge < -0.3 is 4.90 Å². The van der Waals surface area contributed by atoms with Crippen LogP contribution in [0.4, 0.5) is 0 Å². The molecule has 0 N–H and O–H groups in total. The Kier molecular flexibility index (Phi) is 21.3. The van der Waals surface area contributed by atoms with E-state index in [9.17, 15) is 0 Å². The van der Waals surface area contributed by atoms with E-state index in [1.807, 2.05) is 92.8 Å². The highest BCUT2D eigenvalue weighted by Crippen LogP contribution is 2.26. The lowest BCUT2D eigenvalue weighted by Gasteiger charge is -2.23. The Morgan fingerprint density at radius 3 is 1.88 bits per heavy atom. The molecule has 1 heteroatoms. The van der Waals surface area contributed by atoms with Gasteiger partial charge in [0.05, 0.1) is 0 Å². The van der Waals surface area contributed by atoms with Crippen molar-refractivity contribution >= 4 is 0 Å². The van der Waals surface area contributed by atoms with Crippen molar-refractivity contribution in [2.45, 2.75) is 55.4 Å². The summed E-state index contributed by atoms with van der Waals surface area (Å²) in [5.74, 6) is 0. The lowest BCUT2D eigenvalue weighted by Crippen LogP contribution is -2.17. The first-order valence-corrected chi connectivity index (χ1v) is 9.09. The van der Waals surface area contributed by atoms with Gasteiger partial charge in [0.15, 0.2) is 0 Å². The van der Waals surface area contributed by atoms with Crippen LogP contribution >= 0.6 is 0 Å². The highest BCUT2D eigenvalue weighted by Gasteiger charge is 2.14. The average Bonchev–Trinajstić information content (AvgIpc) is 2.76. The number of hydrogen-bond donors (Lipinski definition) is 0. The standard InChI is InChI=1S/C17H21N.3C2H6/c1-6-9-11-16-14(4)12-13-15(8-3)17(10-7-2)18(16)5;3*1-2/h6-13H,3-4H2,1-2,5H3;3*1-2H3/b9-6-,10-7-,16-11+;;;. The maximum atomic E-state index is 4.11. The van der Waals surface area contributed by atoms with E-state index in [-0.39, 0.29) is 0 Å². The monoisotopic (exact) mass is 329 g/mol. The topological polar surface area (TPSA) is 3.24 Å². The van der Waals surface area contributed by atoms with E-state index in [2.05, 4.69) is 36.3 Å². The number of allylic oxidation sites excluding steroid dienone is 9. The van der Waals surface area contributed by atoms with Crippen LogP contribution in [-0.4, -0.2) is 11.9 Å². The fourth-order valence-corrected chi connectivity index (χ4v) is 1.84. The fourth-order valence-electron chi connectivity index (χ4n) is 1.84. The highest BCUT2D eigenvalue weighted by molar-refractivity contribution is 5.51. The van der Waals surface area contributed by atoms with Crippen molar-refractivity contribution in [3.8, 4) is 0 Å². The van der Waals surface area contributed by atoms with Gasteiger partial charge >= 0.3 is 0 Å². The summed E-state index contributed by atoms with van der Waals surface area (Å²) in [6.45, 7) is 24.0. The second-order valence-electron chi connectivity index (χ2n) is 4.04. The van der Waals surface area contributed by atoms with Crippen LogP contribution in [0, 0.1) is 0 Å². The lowest BCUT2D eigenvalue weighted by molar-refractivity contribution is 0.548. The van der Waals surface area contributed by atoms with Gasteiger partial charge in [-0.1, -0.05) is 91.2 Å². The van der Waals surface area contributed by atoms with Crippen molar-refractivity contribution in [2.75, 3.05) is 7.05 Å². The van der Waals surface area contributed by atoms with E-state index in [4.69, 9.17) is 0 Å². The van der Waals surface area contributed by atoms with E-state index in [1.54, 1.807) is 0 Å². The predicted molar refractivity (Wildman–Crippen MR) is 115 cm³/mol. The third kappa shape index (κ3) is 9.19. The minimum Gasteiger partial charge on any atom is -0.344 e. The number of nitrogens with zero attached hydrogens (tertiary/aromatic N) is 1. The van der Waals surface area contributed by atoms with Gasteiger partial charge in [0, 0.05) is 18.4 Å². The minimum atomic E-state index is 0.995. The lowest BCUT2D eigenvalue weighted by atomic mass is 10.1. The van der Waals surface area contributed by atoms with Gasteiger partial charge in [0.1, 0.15) is 0 Å². The Labute approximate surface area is 152 Å². The molecule has 24 heavy (non-hydrogen) atoms. The molecule has 1 rings (SSSR count).